The van der Waals surface area contributed by atoms with Gasteiger partial charge in [0.25, 0.3) is 5.91 Å². The van der Waals surface area contributed by atoms with Crippen molar-refractivity contribution in [3.05, 3.63) is 118 Å². The van der Waals surface area contributed by atoms with Crippen LogP contribution in [0.2, 0.25) is 0 Å². The number of carbonyl (C=O) groups excluding carboxylic acids is 3. The normalized spacial score (nSPS) is 13.2. The van der Waals surface area contributed by atoms with E-state index in [1.807, 2.05) is 54.6 Å². The lowest BCUT2D eigenvalue weighted by Gasteiger charge is -2.16. The molecule has 10 heteroatoms. The summed E-state index contributed by atoms with van der Waals surface area (Å²) in [6, 6.07) is 23.9. The summed E-state index contributed by atoms with van der Waals surface area (Å²) in [6.07, 6.45) is 2.92. The van der Waals surface area contributed by atoms with Gasteiger partial charge in [-0.2, -0.15) is 4.98 Å². The zero-order valence-corrected chi connectivity index (χ0v) is 23.8. The number of aromatic nitrogens is 2. The van der Waals surface area contributed by atoms with Crippen molar-refractivity contribution < 1.29 is 23.6 Å². The Morgan fingerprint density at radius 2 is 1.60 bits per heavy atom. The Bertz CT molecular complexity index is 1510. The number of nitrogens with one attached hydrogen (secondary N) is 2. The third-order valence-electron chi connectivity index (χ3n) is 7.41. The summed E-state index contributed by atoms with van der Waals surface area (Å²) < 4.78 is 10.6. The topological polar surface area (TPSA) is 149 Å². The van der Waals surface area contributed by atoms with E-state index in [1.54, 1.807) is 12.1 Å². The molecule has 2 amide bonds. The first-order valence-electron chi connectivity index (χ1n) is 14.5. The largest absolute Gasteiger partial charge is 0.445 e. The van der Waals surface area contributed by atoms with Crippen molar-refractivity contribution in [3.8, 4) is 0 Å². The van der Waals surface area contributed by atoms with Gasteiger partial charge in [0.05, 0.1) is 12.5 Å². The number of unbranched alkanes of at least 4 members (excludes halogenated alkanes) is 1. The van der Waals surface area contributed by atoms with Gasteiger partial charge in [-0.3, -0.25) is 9.59 Å². The number of nitrogens with two attached hydrogens (primary N) is 1. The second kappa shape index (κ2) is 14.4. The number of nitrogens with zero attached hydrogens (tertiary/aromatic N) is 2. The third kappa shape index (κ3) is 8.14. The van der Waals surface area contributed by atoms with Gasteiger partial charge >= 0.3 is 6.09 Å². The molecule has 0 saturated heterocycles. The zero-order chi connectivity index (χ0) is 30.0. The molecule has 0 unspecified atom stereocenters. The smallest absolute Gasteiger partial charge is 0.408 e. The standard InChI is InChI=1S/C33H35N5O5/c34-17-7-6-12-28(36-33(41)42-21-23-8-2-1-3-9-23)30(39)31-37-29(43-38-31)18-22-13-15-24(16-14-22)32(40)35-27-19-25-10-4-5-11-26(25)20-27/h1-5,8-11,13-16,27-28H,6-7,12,17-21,34H2,(H,35,40)(H,36,41)/t28-/m0/s1. The van der Waals surface area contributed by atoms with Crippen molar-refractivity contribution in [3.63, 3.8) is 0 Å². The number of rotatable bonds is 13. The van der Waals surface area contributed by atoms with E-state index in [9.17, 15) is 14.4 Å². The van der Waals surface area contributed by atoms with Gasteiger partial charge in [-0.05, 0) is 73.0 Å². The zero-order valence-electron chi connectivity index (χ0n) is 23.8. The number of carbonyl (C=O) groups is 3. The fraction of sp³-hybridized carbons (Fsp3) is 0.303. The number of hydrogen-bond acceptors (Lipinski definition) is 8. The summed E-state index contributed by atoms with van der Waals surface area (Å²) in [7, 11) is 0. The number of fused-ring (bicyclic) bond motifs is 1. The number of hydrogen-bond donors (Lipinski definition) is 3. The molecule has 1 aliphatic rings. The first kappa shape index (κ1) is 29.7. The van der Waals surface area contributed by atoms with Gasteiger partial charge in [-0.25, -0.2) is 4.79 Å². The van der Waals surface area contributed by atoms with E-state index in [-0.39, 0.29) is 36.7 Å². The summed E-state index contributed by atoms with van der Waals surface area (Å²) in [5, 5.41) is 9.63. The van der Waals surface area contributed by atoms with E-state index >= 15 is 0 Å². The van der Waals surface area contributed by atoms with Gasteiger partial charge in [0.1, 0.15) is 6.61 Å². The van der Waals surface area contributed by atoms with Crippen molar-refractivity contribution in [1.82, 2.24) is 20.8 Å². The van der Waals surface area contributed by atoms with Gasteiger partial charge in [0, 0.05) is 11.6 Å². The van der Waals surface area contributed by atoms with Crippen LogP contribution >= 0.6 is 0 Å². The Balaban J connectivity index is 1.15. The van der Waals surface area contributed by atoms with Gasteiger partial charge in [0.2, 0.25) is 17.5 Å². The predicted molar refractivity (Wildman–Crippen MR) is 159 cm³/mol. The van der Waals surface area contributed by atoms with E-state index in [0.29, 0.717) is 31.4 Å². The van der Waals surface area contributed by atoms with Crippen molar-refractivity contribution in [2.45, 2.75) is 57.2 Å². The molecular formula is C33H35N5O5. The highest BCUT2D eigenvalue weighted by Gasteiger charge is 2.27. The molecule has 0 saturated carbocycles. The molecule has 1 atom stereocenters. The fourth-order valence-electron chi connectivity index (χ4n) is 5.13. The van der Waals surface area contributed by atoms with Crippen LogP contribution in [0.3, 0.4) is 0 Å². The summed E-state index contributed by atoms with van der Waals surface area (Å²) in [6.45, 7) is 0.555. The summed E-state index contributed by atoms with van der Waals surface area (Å²) in [5.74, 6) is -0.462. The van der Waals surface area contributed by atoms with E-state index in [2.05, 4.69) is 32.9 Å². The number of ketones is 1. The highest BCUT2D eigenvalue weighted by molar-refractivity contribution is 5.98. The van der Waals surface area contributed by atoms with Crippen LogP contribution in [-0.4, -0.2) is 46.6 Å². The monoisotopic (exact) mass is 581 g/mol. The molecule has 5 rings (SSSR count). The van der Waals surface area contributed by atoms with Crippen molar-refractivity contribution in [2.24, 2.45) is 5.73 Å². The van der Waals surface area contributed by atoms with E-state index < -0.39 is 17.9 Å². The minimum absolute atomic E-state index is 0.0814. The van der Waals surface area contributed by atoms with Crippen LogP contribution in [0.5, 0.6) is 0 Å². The molecule has 0 spiro atoms. The van der Waals surface area contributed by atoms with Crippen LogP contribution in [0.1, 0.15) is 68.4 Å². The van der Waals surface area contributed by atoms with Crippen molar-refractivity contribution in [2.75, 3.05) is 6.54 Å². The van der Waals surface area contributed by atoms with Crippen LogP contribution < -0.4 is 16.4 Å². The highest BCUT2D eigenvalue weighted by Crippen LogP contribution is 2.22. The molecular weight excluding hydrogens is 546 g/mol. The molecule has 1 aliphatic carbocycles. The molecule has 1 aromatic heterocycles. The second-order valence-corrected chi connectivity index (χ2v) is 10.6. The molecule has 3 aromatic carbocycles. The Morgan fingerprint density at radius 1 is 0.907 bits per heavy atom. The van der Waals surface area contributed by atoms with Crippen LogP contribution in [-0.2, 0) is 30.6 Å². The average molecular weight is 582 g/mol. The molecule has 0 fully saturated rings. The minimum atomic E-state index is -0.884. The predicted octanol–water partition coefficient (Wildman–Crippen LogP) is 4.16. The summed E-state index contributed by atoms with van der Waals surface area (Å²) >= 11 is 0. The minimum Gasteiger partial charge on any atom is -0.445 e. The molecule has 222 valence electrons. The maximum Gasteiger partial charge on any atom is 0.408 e. The molecule has 10 nitrogen and oxygen atoms in total. The lowest BCUT2D eigenvalue weighted by Crippen LogP contribution is -2.41. The molecule has 0 aliphatic heterocycles. The Kier molecular flexibility index (Phi) is 9.91. The maximum atomic E-state index is 13.2. The quantitative estimate of drug-likeness (QED) is 0.157. The Morgan fingerprint density at radius 3 is 2.30 bits per heavy atom. The van der Waals surface area contributed by atoms with Crippen LogP contribution in [0, 0.1) is 0 Å². The highest BCUT2D eigenvalue weighted by atomic mass is 16.5. The number of ether oxygens (including phenoxy) is 1. The second-order valence-electron chi connectivity index (χ2n) is 10.6. The first-order chi connectivity index (χ1) is 21.0. The number of amides is 2. The van der Waals surface area contributed by atoms with Gasteiger partial charge in [0.15, 0.2) is 0 Å². The number of benzene rings is 3. The van der Waals surface area contributed by atoms with Gasteiger partial charge in [-0.1, -0.05) is 71.9 Å². The third-order valence-corrected chi connectivity index (χ3v) is 7.41. The van der Waals surface area contributed by atoms with Crippen LogP contribution in [0.15, 0.2) is 83.4 Å². The number of alkyl carbamates (subject to hydrolysis) is 1. The van der Waals surface area contributed by atoms with Crippen molar-refractivity contribution >= 4 is 17.8 Å². The number of Topliss-reactive ketones (excluding diaryl/α,β-unsaturated/α-hetero) is 1. The van der Waals surface area contributed by atoms with Crippen LogP contribution in [0.25, 0.3) is 0 Å². The lowest BCUT2D eigenvalue weighted by atomic mass is 10.0. The van der Waals surface area contributed by atoms with E-state index in [4.69, 9.17) is 15.0 Å². The van der Waals surface area contributed by atoms with Gasteiger partial charge in [-0.15, -0.1) is 0 Å². The molecule has 1 heterocycles. The lowest BCUT2D eigenvalue weighted by molar-refractivity contribution is 0.0896. The van der Waals surface area contributed by atoms with Crippen LogP contribution in [0.4, 0.5) is 4.79 Å². The van der Waals surface area contributed by atoms with E-state index in [0.717, 1.165) is 24.0 Å². The summed E-state index contributed by atoms with van der Waals surface area (Å²) in [5.41, 5.74) is 10.4. The Labute approximate surface area is 250 Å². The molecule has 4 aromatic rings. The molecule has 0 bridgehead atoms. The van der Waals surface area contributed by atoms with Crippen molar-refractivity contribution in [1.29, 1.82) is 0 Å². The molecule has 43 heavy (non-hydrogen) atoms. The Hall–Kier alpha value is -4.83. The van der Waals surface area contributed by atoms with E-state index in [1.165, 1.54) is 11.1 Å². The fourth-order valence-corrected chi connectivity index (χ4v) is 5.13. The van der Waals surface area contributed by atoms with Gasteiger partial charge < -0.3 is 25.6 Å². The first-order valence-corrected chi connectivity index (χ1v) is 14.5. The summed E-state index contributed by atoms with van der Waals surface area (Å²) in [4.78, 5) is 42.8. The maximum absolute atomic E-state index is 13.2. The molecule has 0 radical (unpaired) electrons. The molecule has 4 N–H and O–H groups in total. The SMILES string of the molecule is NCCCC[C@H](NC(=O)OCc1ccccc1)C(=O)c1noc(Cc2ccc(C(=O)NC3Cc4ccccc4C3)cc2)n1. The average Bonchev–Trinajstić information content (AvgIpc) is 3.67.